The van der Waals surface area contributed by atoms with Crippen molar-refractivity contribution in [1.82, 2.24) is 35.1 Å². The molecule has 462 valence electrons. The number of hydrogen-bond acceptors (Lipinski definition) is 7. The fraction of sp³-hybridized carbons (Fsp3) is 0.579. The van der Waals surface area contributed by atoms with Gasteiger partial charge in [-0.2, -0.15) is 0 Å². The third-order valence-corrected chi connectivity index (χ3v) is 18.3. The number of aryl methyl sites for hydroxylation is 2. The Labute approximate surface area is 514 Å². The first-order valence-corrected chi connectivity index (χ1v) is 33.3. The van der Waals surface area contributed by atoms with E-state index in [2.05, 4.69) is 205 Å². The monoisotopic (exact) mass is 1140 g/mol. The lowest BCUT2D eigenvalue weighted by Gasteiger charge is -2.38. The number of aliphatic imine (C=N–C) groups is 1. The van der Waals surface area contributed by atoms with Crippen molar-refractivity contribution in [2.45, 2.75) is 217 Å². The third-order valence-electron chi connectivity index (χ3n) is 18.3. The van der Waals surface area contributed by atoms with Gasteiger partial charge in [0.25, 0.3) is 0 Å². The molecule has 0 radical (unpaired) electrons. The van der Waals surface area contributed by atoms with E-state index in [1.165, 1.54) is 125 Å². The number of nitrogens with zero attached hydrogens (tertiary/aromatic N) is 6. The highest BCUT2D eigenvalue weighted by Gasteiger charge is 2.39. The minimum atomic E-state index is -0.0515. The van der Waals surface area contributed by atoms with E-state index in [9.17, 15) is 0 Å². The number of aromatic nitrogens is 2. The van der Waals surface area contributed by atoms with Crippen molar-refractivity contribution in [2.75, 3.05) is 46.8 Å². The van der Waals surface area contributed by atoms with Gasteiger partial charge in [-0.3, -0.25) is 9.98 Å². The summed E-state index contributed by atoms with van der Waals surface area (Å²) in [5.41, 5.74) is 19.9. The van der Waals surface area contributed by atoms with Crippen molar-refractivity contribution in [3.63, 3.8) is 0 Å². The number of nitrogens with one attached hydrogen (secondary N) is 2. The molecule has 2 saturated heterocycles. The molecular formula is C76H118N8. The predicted molar refractivity (Wildman–Crippen MR) is 369 cm³/mol. The Morgan fingerprint density at radius 2 is 1.58 bits per heavy atom. The van der Waals surface area contributed by atoms with Crippen LogP contribution in [0, 0.1) is 29.6 Å². The topological polar surface area (TPSA) is 64.0 Å². The average molecular weight is 1140 g/mol. The van der Waals surface area contributed by atoms with Crippen LogP contribution in [0.5, 0.6) is 0 Å². The Hall–Kier alpha value is -5.44. The van der Waals surface area contributed by atoms with Gasteiger partial charge in [0.1, 0.15) is 0 Å². The summed E-state index contributed by atoms with van der Waals surface area (Å²) in [7, 11) is 4.34. The number of rotatable bonds is 21. The lowest BCUT2D eigenvalue weighted by atomic mass is 9.75. The van der Waals surface area contributed by atoms with Gasteiger partial charge in [-0.15, -0.1) is 6.58 Å². The molecule has 4 aromatic rings. The quantitative estimate of drug-likeness (QED) is 0.0811. The standard InChI is InChI=1S/C60H86N8.C6H12.C6H8.2C2H6/c1-15-19-24-59(11,12)37-52-50-35-47(48-32-42(7)31-46(33-48)34-53(45(10)68-28-21-20-27-63-68)64-44(9)57(41(5)6)66(14)17-3)22-23-55(50)67(18-4)58(52)51-36-49(39-61-56(51)43(8)16-2)54-38-60(40-62-54)25-29-65(13)30-26-60;1-6-4-2-3-5-6;1-2-4-6-5-3-1;2*1-2/h15,17,22-23,31-33,35-36,39,41,43,53,57,63-64H,1,3,9-10,16,18-21,24-30,34,37-38,40H2,2,4-8,11-14H3;6H,2-5H2,1H3;1-4H,5-6H2;2*1-2H3. The summed E-state index contributed by atoms with van der Waals surface area (Å²) in [6, 6.07) is 16.9. The second-order valence-corrected chi connectivity index (χ2v) is 25.9. The van der Waals surface area contributed by atoms with Crippen molar-refractivity contribution < 1.29 is 0 Å². The number of hydrogen-bond donors (Lipinski definition) is 2. The maximum absolute atomic E-state index is 5.40. The molecule has 8 heteroatoms. The Bertz CT molecular complexity index is 2790. The highest BCUT2D eigenvalue weighted by atomic mass is 15.5. The number of pyridine rings is 1. The van der Waals surface area contributed by atoms with E-state index in [4.69, 9.17) is 16.6 Å². The zero-order valence-corrected chi connectivity index (χ0v) is 56.0. The van der Waals surface area contributed by atoms with Gasteiger partial charge in [0.2, 0.25) is 0 Å². The minimum Gasteiger partial charge on any atom is -0.378 e. The van der Waals surface area contributed by atoms with Crippen molar-refractivity contribution in [3.8, 4) is 22.4 Å². The van der Waals surface area contributed by atoms with Gasteiger partial charge in [0.05, 0.1) is 23.5 Å². The number of benzene rings is 2. The van der Waals surface area contributed by atoms with Crippen LogP contribution in [-0.4, -0.2) is 89.0 Å². The zero-order chi connectivity index (χ0) is 61.6. The summed E-state index contributed by atoms with van der Waals surface area (Å²) >= 11 is 0. The average Bonchev–Trinajstić information content (AvgIpc) is 1.94. The molecule has 84 heavy (non-hydrogen) atoms. The first-order chi connectivity index (χ1) is 40.4. The smallest absolute Gasteiger partial charge is 0.0707 e. The fourth-order valence-electron chi connectivity index (χ4n) is 13.2. The van der Waals surface area contributed by atoms with Crippen molar-refractivity contribution in [2.24, 2.45) is 27.7 Å². The van der Waals surface area contributed by atoms with Crippen LogP contribution >= 0.6 is 0 Å². The van der Waals surface area contributed by atoms with Crippen molar-refractivity contribution in [1.29, 1.82) is 0 Å². The summed E-state index contributed by atoms with van der Waals surface area (Å²) in [6.45, 7) is 52.5. The predicted octanol–water partition coefficient (Wildman–Crippen LogP) is 19.0. The second kappa shape index (κ2) is 34.0. The van der Waals surface area contributed by atoms with E-state index in [0.29, 0.717) is 11.8 Å². The van der Waals surface area contributed by atoms with Gasteiger partial charge in [-0.1, -0.05) is 182 Å². The van der Waals surface area contributed by atoms with Gasteiger partial charge < -0.3 is 24.7 Å². The molecule has 0 bridgehead atoms. The van der Waals surface area contributed by atoms with Gasteiger partial charge in [0, 0.05) is 78.6 Å². The van der Waals surface area contributed by atoms with Crippen molar-refractivity contribution in [3.05, 3.63) is 151 Å². The van der Waals surface area contributed by atoms with E-state index >= 15 is 0 Å². The largest absolute Gasteiger partial charge is 0.378 e. The SMILES string of the molecule is C1=CCCC=C1.C=CCCC(C)(C)Cc1c(-c2cc(C3=NCC4(CCN(C)CC4)C3)cnc2C(C)CC)n(CC)c2ccc(-c3cc(C)cc(CC(NC(=C)C(C(C)C)N(C)C=C)C(=C)N4CCCCN4)c3)cc12.CC.CC.CC1CCCC1. The maximum atomic E-state index is 5.40. The molecule has 5 heterocycles. The maximum Gasteiger partial charge on any atom is 0.0707 e. The zero-order valence-electron chi connectivity index (χ0n) is 56.0. The van der Waals surface area contributed by atoms with Crippen LogP contribution in [0.3, 0.4) is 0 Å². The summed E-state index contributed by atoms with van der Waals surface area (Å²) < 4.78 is 2.60. The molecule has 0 amide bonds. The van der Waals surface area contributed by atoms with E-state index in [0.717, 1.165) is 102 Å². The number of fused-ring (bicyclic) bond motifs is 1. The summed E-state index contributed by atoms with van der Waals surface area (Å²) in [5.74, 6) is 1.71. The number of allylic oxidation sites excluding steroid dienone is 5. The normalized spacial score (nSPS) is 17.8. The van der Waals surface area contributed by atoms with Crippen LogP contribution in [0.2, 0.25) is 0 Å². The molecule has 3 unspecified atom stereocenters. The molecule has 3 fully saturated rings. The number of hydrazine groups is 1. The van der Waals surface area contributed by atoms with Gasteiger partial charge in [-0.25, -0.2) is 5.43 Å². The van der Waals surface area contributed by atoms with Crippen LogP contribution in [-0.2, 0) is 19.4 Å². The molecule has 1 spiro atoms. The number of likely N-dealkylation sites (tertiary alicyclic amines) is 1. The Morgan fingerprint density at radius 1 is 0.893 bits per heavy atom. The molecule has 2 N–H and O–H groups in total. The Kier molecular flexibility index (Phi) is 28.1. The van der Waals surface area contributed by atoms with Crippen LogP contribution in [0.1, 0.15) is 207 Å². The molecule has 9 rings (SSSR count). The first-order valence-electron chi connectivity index (χ1n) is 33.3. The molecular weight excluding hydrogens is 1020 g/mol. The molecule has 2 aromatic carbocycles. The van der Waals surface area contributed by atoms with Crippen LogP contribution in [0.25, 0.3) is 33.3 Å². The van der Waals surface area contributed by atoms with E-state index in [-0.39, 0.29) is 22.9 Å². The molecule has 8 nitrogen and oxygen atoms in total. The highest BCUT2D eigenvalue weighted by Crippen LogP contribution is 2.45. The van der Waals surface area contributed by atoms with E-state index < -0.39 is 0 Å². The third kappa shape index (κ3) is 18.8. The minimum absolute atomic E-state index is 0.0482. The van der Waals surface area contributed by atoms with Crippen LogP contribution in [0.15, 0.2) is 128 Å². The first kappa shape index (κ1) is 69.3. The summed E-state index contributed by atoms with van der Waals surface area (Å²) in [4.78, 5) is 15.3. The molecule has 1 saturated carbocycles. The summed E-state index contributed by atoms with van der Waals surface area (Å²) in [5, 5.41) is 7.50. The van der Waals surface area contributed by atoms with E-state index in [1.54, 1.807) is 0 Å². The molecule has 2 aromatic heterocycles. The van der Waals surface area contributed by atoms with Crippen LogP contribution < -0.4 is 10.7 Å². The summed E-state index contributed by atoms with van der Waals surface area (Å²) in [6.07, 6.45) is 33.7. The Morgan fingerprint density at radius 3 is 2.14 bits per heavy atom. The Balaban J connectivity index is 0.000000704. The lowest BCUT2D eigenvalue weighted by molar-refractivity contribution is 0.143. The number of piperidine rings is 1. The van der Waals surface area contributed by atoms with Crippen molar-refractivity contribution >= 4 is 16.6 Å². The molecule has 3 atom stereocenters. The lowest BCUT2D eigenvalue weighted by Crippen LogP contribution is -2.50. The van der Waals surface area contributed by atoms with Gasteiger partial charge in [-0.05, 0) is 186 Å². The van der Waals surface area contributed by atoms with E-state index in [1.807, 2.05) is 33.9 Å². The van der Waals surface area contributed by atoms with Gasteiger partial charge >= 0.3 is 0 Å². The fourth-order valence-corrected chi connectivity index (χ4v) is 13.2. The number of likely N-dealkylation sites (N-methyl/N-ethyl adjacent to an activating group) is 1. The molecule has 2 aliphatic carbocycles. The molecule has 3 aliphatic heterocycles. The van der Waals surface area contributed by atoms with Crippen LogP contribution in [0.4, 0.5) is 0 Å². The second-order valence-electron chi connectivity index (χ2n) is 25.9. The van der Waals surface area contributed by atoms with Gasteiger partial charge in [0.15, 0.2) is 0 Å². The highest BCUT2D eigenvalue weighted by molar-refractivity contribution is 6.03. The molecule has 5 aliphatic rings.